The third-order valence-electron chi connectivity index (χ3n) is 2.83. The van der Waals surface area contributed by atoms with Gasteiger partial charge in [-0.05, 0) is 44.0 Å². The van der Waals surface area contributed by atoms with Crippen LogP contribution in [0.25, 0.3) is 11.0 Å². The molecule has 3 nitrogen and oxygen atoms in total. The van der Waals surface area contributed by atoms with Crippen LogP contribution in [0.3, 0.4) is 0 Å². The van der Waals surface area contributed by atoms with E-state index in [-0.39, 0.29) is 0 Å². The number of benzene rings is 1. The number of rotatable bonds is 3. The number of furan rings is 1. The Bertz CT molecular complexity index is 569. The highest BCUT2D eigenvalue weighted by atomic mass is 35.5. The van der Waals surface area contributed by atoms with E-state index < -0.39 is 11.4 Å². The molecule has 4 heteroatoms. The average Bonchev–Trinajstić information content (AvgIpc) is 2.60. The second-order valence-corrected chi connectivity index (χ2v) is 5.20. The summed E-state index contributed by atoms with van der Waals surface area (Å²) >= 11 is 5.86. The highest BCUT2D eigenvalue weighted by Gasteiger charge is 2.28. The van der Waals surface area contributed by atoms with Crippen molar-refractivity contribution in [2.24, 2.45) is 5.41 Å². The van der Waals surface area contributed by atoms with Crippen LogP contribution >= 0.6 is 11.6 Å². The minimum absolute atomic E-state index is 0.428. The average molecular weight is 253 g/mol. The van der Waals surface area contributed by atoms with Crippen molar-refractivity contribution in [3.8, 4) is 0 Å². The third-order valence-corrected chi connectivity index (χ3v) is 3.06. The maximum atomic E-state index is 11.1. The molecule has 0 spiro atoms. The summed E-state index contributed by atoms with van der Waals surface area (Å²) < 4.78 is 5.38. The number of hydrogen-bond acceptors (Lipinski definition) is 2. The van der Waals surface area contributed by atoms with Gasteiger partial charge in [0.2, 0.25) is 0 Å². The molecule has 0 saturated carbocycles. The van der Waals surface area contributed by atoms with Crippen LogP contribution in [0.1, 0.15) is 19.4 Å². The van der Waals surface area contributed by atoms with Crippen LogP contribution < -0.4 is 0 Å². The summed E-state index contributed by atoms with van der Waals surface area (Å²) in [5.41, 5.74) is 0.772. The van der Waals surface area contributed by atoms with Gasteiger partial charge in [0.1, 0.15) is 5.58 Å². The molecule has 0 aliphatic heterocycles. The fourth-order valence-electron chi connectivity index (χ4n) is 1.75. The summed E-state index contributed by atoms with van der Waals surface area (Å²) in [5.74, 6) is -0.819. The molecule has 1 N–H and O–H groups in total. The lowest BCUT2D eigenvalue weighted by Gasteiger charge is -2.17. The number of carbonyl (C=O) groups is 1. The lowest BCUT2D eigenvalue weighted by Crippen LogP contribution is -2.26. The fourth-order valence-corrected chi connectivity index (χ4v) is 1.91. The first-order valence-electron chi connectivity index (χ1n) is 5.29. The minimum atomic E-state index is -0.819. The van der Waals surface area contributed by atoms with Gasteiger partial charge in [-0.3, -0.25) is 4.79 Å². The van der Waals surface area contributed by atoms with Crippen molar-refractivity contribution in [1.82, 2.24) is 0 Å². The normalized spacial score (nSPS) is 11.9. The summed E-state index contributed by atoms with van der Waals surface area (Å²) in [5, 5.41) is 10.6. The Morgan fingerprint density at radius 1 is 1.47 bits per heavy atom. The summed E-state index contributed by atoms with van der Waals surface area (Å²) in [6.07, 6.45) is 2.03. The lowest BCUT2D eigenvalue weighted by atomic mass is 9.86. The van der Waals surface area contributed by atoms with Crippen molar-refractivity contribution in [1.29, 1.82) is 0 Å². The second-order valence-electron chi connectivity index (χ2n) is 4.77. The van der Waals surface area contributed by atoms with Crippen molar-refractivity contribution in [2.45, 2.75) is 20.3 Å². The van der Waals surface area contributed by atoms with Crippen molar-refractivity contribution < 1.29 is 14.3 Å². The van der Waals surface area contributed by atoms with Crippen LogP contribution in [0, 0.1) is 5.41 Å². The van der Waals surface area contributed by atoms with E-state index in [4.69, 9.17) is 21.1 Å². The van der Waals surface area contributed by atoms with Crippen molar-refractivity contribution in [2.75, 3.05) is 0 Å². The zero-order valence-electron chi connectivity index (χ0n) is 9.66. The molecule has 1 heterocycles. The number of carboxylic acid groups (broad SMARTS) is 1. The van der Waals surface area contributed by atoms with Crippen LogP contribution in [0.2, 0.25) is 5.02 Å². The number of fused-ring (bicyclic) bond motifs is 1. The zero-order valence-corrected chi connectivity index (χ0v) is 10.4. The first kappa shape index (κ1) is 12.0. The van der Waals surface area contributed by atoms with Gasteiger partial charge < -0.3 is 9.52 Å². The molecule has 2 aromatic rings. The van der Waals surface area contributed by atoms with Gasteiger partial charge in [-0.2, -0.15) is 0 Å². The number of hydrogen-bond donors (Lipinski definition) is 1. The van der Waals surface area contributed by atoms with Crippen LogP contribution in [0.15, 0.2) is 28.9 Å². The predicted octanol–water partition coefficient (Wildman–Crippen LogP) is 3.74. The van der Waals surface area contributed by atoms with Crippen LogP contribution in [-0.4, -0.2) is 11.1 Å². The second kappa shape index (κ2) is 4.08. The molecule has 1 aromatic carbocycles. The quantitative estimate of drug-likeness (QED) is 0.905. The van der Waals surface area contributed by atoms with E-state index in [1.165, 1.54) is 0 Å². The molecule has 0 unspecified atom stereocenters. The molecule has 2 rings (SSSR count). The molecule has 0 aliphatic carbocycles. The van der Waals surface area contributed by atoms with Gasteiger partial charge in [0, 0.05) is 10.4 Å². The summed E-state index contributed by atoms with van der Waals surface area (Å²) in [6.45, 7) is 3.40. The lowest BCUT2D eigenvalue weighted by molar-refractivity contribution is -0.146. The summed E-state index contributed by atoms with van der Waals surface area (Å²) in [4.78, 5) is 11.1. The van der Waals surface area contributed by atoms with Gasteiger partial charge in [0.25, 0.3) is 0 Å². The highest BCUT2D eigenvalue weighted by molar-refractivity contribution is 6.31. The van der Waals surface area contributed by atoms with Crippen LogP contribution in [0.5, 0.6) is 0 Å². The van der Waals surface area contributed by atoms with E-state index in [9.17, 15) is 4.79 Å². The highest BCUT2D eigenvalue weighted by Crippen LogP contribution is 2.30. The topological polar surface area (TPSA) is 50.4 Å². The van der Waals surface area contributed by atoms with Crippen molar-refractivity contribution in [3.05, 3.63) is 35.0 Å². The SMILES string of the molecule is CC(C)(Cc1coc2cc(Cl)ccc12)C(=O)O. The monoisotopic (exact) mass is 252 g/mol. The Hall–Kier alpha value is -1.48. The first-order chi connectivity index (χ1) is 7.90. The van der Waals surface area contributed by atoms with Crippen molar-refractivity contribution >= 4 is 28.5 Å². The smallest absolute Gasteiger partial charge is 0.309 e. The molecule has 17 heavy (non-hydrogen) atoms. The van der Waals surface area contributed by atoms with E-state index in [2.05, 4.69) is 0 Å². The van der Waals surface area contributed by atoms with Gasteiger partial charge in [0.15, 0.2) is 0 Å². The van der Waals surface area contributed by atoms with Gasteiger partial charge >= 0.3 is 5.97 Å². The standard InChI is InChI=1S/C13H13ClO3/c1-13(2,12(15)16)6-8-7-17-11-5-9(14)3-4-10(8)11/h3-5,7H,6H2,1-2H3,(H,15,16). The van der Waals surface area contributed by atoms with E-state index in [1.54, 1.807) is 32.2 Å². The molecular weight excluding hydrogens is 240 g/mol. The van der Waals surface area contributed by atoms with Gasteiger partial charge in [-0.15, -0.1) is 0 Å². The third kappa shape index (κ3) is 2.29. The zero-order chi connectivity index (χ0) is 12.6. The fraction of sp³-hybridized carbons (Fsp3) is 0.308. The van der Waals surface area contributed by atoms with Gasteiger partial charge in [0.05, 0.1) is 11.7 Å². The Kier molecular flexibility index (Phi) is 2.87. The molecule has 0 radical (unpaired) electrons. The maximum absolute atomic E-state index is 11.1. The summed E-state index contributed by atoms with van der Waals surface area (Å²) in [6, 6.07) is 5.36. The van der Waals surface area contributed by atoms with Crippen LogP contribution in [0.4, 0.5) is 0 Å². The molecule has 0 saturated heterocycles. The van der Waals surface area contributed by atoms with Gasteiger partial charge in [-0.25, -0.2) is 0 Å². The van der Waals surface area contributed by atoms with E-state index in [1.807, 2.05) is 6.07 Å². The Morgan fingerprint density at radius 3 is 2.82 bits per heavy atom. The molecule has 0 bridgehead atoms. The molecular formula is C13H13ClO3. The molecule has 1 aromatic heterocycles. The molecule has 0 aliphatic rings. The summed E-state index contributed by atoms with van der Waals surface area (Å²) in [7, 11) is 0. The number of aliphatic carboxylic acids is 1. The largest absolute Gasteiger partial charge is 0.481 e. The Labute approximate surface area is 104 Å². The predicted molar refractivity (Wildman–Crippen MR) is 66.3 cm³/mol. The molecule has 0 fully saturated rings. The maximum Gasteiger partial charge on any atom is 0.309 e. The van der Waals surface area contributed by atoms with Gasteiger partial charge in [-0.1, -0.05) is 11.6 Å². The van der Waals surface area contributed by atoms with E-state index in [0.29, 0.717) is 17.0 Å². The molecule has 0 atom stereocenters. The minimum Gasteiger partial charge on any atom is -0.481 e. The molecule has 90 valence electrons. The van der Waals surface area contributed by atoms with Crippen LogP contribution in [-0.2, 0) is 11.2 Å². The number of halogens is 1. The number of carboxylic acids is 1. The van der Waals surface area contributed by atoms with Crippen molar-refractivity contribution in [3.63, 3.8) is 0 Å². The Morgan fingerprint density at radius 2 is 2.18 bits per heavy atom. The van der Waals surface area contributed by atoms with E-state index in [0.717, 1.165) is 10.9 Å². The first-order valence-corrected chi connectivity index (χ1v) is 5.67. The van der Waals surface area contributed by atoms with E-state index >= 15 is 0 Å². The molecule has 0 amide bonds. The Balaban J connectivity index is 2.41.